The fraction of sp³-hybridized carbons (Fsp3) is 0. The Morgan fingerprint density at radius 1 is 0.964 bits per heavy atom. The zero-order valence-corrected chi connectivity index (χ0v) is 19.7. The summed E-state index contributed by atoms with van der Waals surface area (Å²) in [6.07, 6.45) is 0. The predicted molar refractivity (Wildman–Crippen MR) is 90.3 cm³/mol. The van der Waals surface area contributed by atoms with Gasteiger partial charge in [0, 0.05) is 10.4 Å². The molecule has 7 nitrogen and oxygen atoms in total. The molecule has 0 saturated heterocycles. The summed E-state index contributed by atoms with van der Waals surface area (Å²) in [6, 6.07) is 11.6. The number of hydrogen-bond donors (Lipinski definition) is 1. The van der Waals surface area contributed by atoms with Gasteiger partial charge in [-0.05, 0) is 35.2 Å². The molecule has 10 heteroatoms. The van der Waals surface area contributed by atoms with Gasteiger partial charge in [-0.2, -0.15) is 5.11 Å². The number of hydrogen-bond acceptors (Lipinski definition) is 6. The fourth-order valence-electron chi connectivity index (χ4n) is 2.43. The van der Waals surface area contributed by atoms with Crippen LogP contribution in [0.3, 0.4) is 0 Å². The van der Waals surface area contributed by atoms with Crippen molar-refractivity contribution >= 4 is 45.7 Å². The van der Waals surface area contributed by atoms with Crippen LogP contribution in [0.15, 0.2) is 58.8 Å². The van der Waals surface area contributed by atoms with E-state index in [1.807, 2.05) is 0 Å². The summed E-state index contributed by atoms with van der Waals surface area (Å²) in [6.45, 7) is 0. The average molecular weight is 415 g/mol. The summed E-state index contributed by atoms with van der Waals surface area (Å²) in [7, 11) is 0. The number of carboxylic acid groups (broad SMARTS) is 2. The molecule has 0 aromatic heterocycles. The summed E-state index contributed by atoms with van der Waals surface area (Å²) < 4.78 is 0. The van der Waals surface area contributed by atoms with Crippen molar-refractivity contribution in [3.8, 4) is 5.75 Å². The fourth-order valence-corrected chi connectivity index (χ4v) is 2.60. The van der Waals surface area contributed by atoms with Gasteiger partial charge >= 0.3 is 65.1 Å². The van der Waals surface area contributed by atoms with E-state index < -0.39 is 23.3 Å². The van der Waals surface area contributed by atoms with Crippen LogP contribution in [0.1, 0.15) is 20.7 Å². The molecular weight excluding hydrogens is 406 g/mol. The molecule has 0 heterocycles. The van der Waals surface area contributed by atoms with E-state index in [1.54, 1.807) is 24.3 Å². The molecule has 0 radical (unpaired) electrons. The average Bonchev–Trinajstić information content (AvgIpc) is 2.60. The quantitative estimate of drug-likeness (QED) is 0.361. The number of carbonyl (C=O) groups excluding carboxylic acids is 1. The standard InChI is InChI=1S/C18H11ClN2O5.2Na/c19-10-5-6-12(17(23)24)14(8-10)20-21-15-11-4-2-1-3-9(11)7-13(16(15)22)18(25)26;;/h1-8,22H,(H,23,24)(H,25,26);;/q;2*+1/p-2. The van der Waals surface area contributed by atoms with Crippen molar-refractivity contribution in [3.63, 3.8) is 0 Å². The minimum absolute atomic E-state index is 0. The molecule has 0 bridgehead atoms. The molecule has 0 amide bonds. The van der Waals surface area contributed by atoms with Gasteiger partial charge in [-0.1, -0.05) is 41.6 Å². The molecule has 1 N–H and O–H groups in total. The Balaban J connectivity index is 0.00000196. The molecule has 3 aromatic carbocycles. The number of benzene rings is 3. The monoisotopic (exact) mass is 414 g/mol. The number of halogens is 1. The third kappa shape index (κ3) is 5.12. The van der Waals surface area contributed by atoms with Gasteiger partial charge in [-0.3, -0.25) is 0 Å². The minimum atomic E-state index is -1.63. The number of aromatic carboxylic acids is 2. The van der Waals surface area contributed by atoms with Gasteiger partial charge in [0.25, 0.3) is 0 Å². The van der Waals surface area contributed by atoms with Crippen LogP contribution in [0, 0.1) is 0 Å². The maximum Gasteiger partial charge on any atom is 1.00 e. The largest absolute Gasteiger partial charge is 1.00 e. The van der Waals surface area contributed by atoms with Crippen LogP contribution in [-0.4, -0.2) is 17.0 Å². The second kappa shape index (κ2) is 10.4. The zero-order chi connectivity index (χ0) is 18.8. The van der Waals surface area contributed by atoms with Crippen molar-refractivity contribution < 1.29 is 84.0 Å². The van der Waals surface area contributed by atoms with Crippen molar-refractivity contribution in [2.45, 2.75) is 0 Å². The van der Waals surface area contributed by atoms with Crippen LogP contribution < -0.4 is 69.3 Å². The third-order valence-electron chi connectivity index (χ3n) is 3.64. The number of carbonyl (C=O) groups is 2. The Labute approximate surface area is 208 Å². The molecule has 130 valence electrons. The first-order valence-electron chi connectivity index (χ1n) is 7.27. The number of fused-ring (bicyclic) bond motifs is 1. The van der Waals surface area contributed by atoms with E-state index in [4.69, 9.17) is 11.6 Å². The molecule has 0 atom stereocenters. The first-order chi connectivity index (χ1) is 12.4. The van der Waals surface area contributed by atoms with Crippen molar-refractivity contribution in [2.24, 2.45) is 10.2 Å². The molecule has 0 aliphatic heterocycles. The van der Waals surface area contributed by atoms with Crippen molar-refractivity contribution in [1.82, 2.24) is 0 Å². The van der Waals surface area contributed by atoms with E-state index in [0.717, 1.165) is 0 Å². The van der Waals surface area contributed by atoms with Gasteiger partial charge < -0.3 is 20.1 Å². The first-order valence-corrected chi connectivity index (χ1v) is 7.65. The van der Waals surface area contributed by atoms with Crippen LogP contribution in [0.2, 0.25) is 5.02 Å². The molecule has 3 rings (SSSR count). The number of rotatable bonds is 4. The van der Waals surface area contributed by atoms with Gasteiger partial charge in [0.1, 0.15) is 5.69 Å². The SMILES string of the molecule is O=C(O)c1ccc(Cl)cc1N=Nc1c([O-])c(C(=O)[O-])cc2ccccc12.[Na+].[Na+]. The first kappa shape index (κ1) is 24.6. The molecular formula is C18H9ClN2Na2O5. The molecule has 0 aliphatic rings. The van der Waals surface area contributed by atoms with E-state index in [-0.39, 0.29) is 81.1 Å². The molecule has 0 fully saturated rings. The minimum Gasteiger partial charge on any atom is -0.871 e. The summed E-state index contributed by atoms with van der Waals surface area (Å²) in [5.74, 6) is -3.75. The van der Waals surface area contributed by atoms with Crippen LogP contribution in [0.25, 0.3) is 10.8 Å². The Morgan fingerprint density at radius 2 is 1.64 bits per heavy atom. The maximum atomic E-state index is 12.4. The molecule has 0 aliphatic carbocycles. The molecule has 0 spiro atoms. The summed E-state index contributed by atoms with van der Waals surface area (Å²) in [5, 5.41) is 41.5. The number of nitrogens with zero attached hydrogens (tertiary/aromatic N) is 2. The van der Waals surface area contributed by atoms with E-state index in [2.05, 4.69) is 10.2 Å². The second-order valence-electron chi connectivity index (χ2n) is 5.28. The Kier molecular flexibility index (Phi) is 9.10. The summed E-state index contributed by atoms with van der Waals surface area (Å²) >= 11 is 5.85. The van der Waals surface area contributed by atoms with Crippen molar-refractivity contribution in [3.05, 3.63) is 64.7 Å². The van der Waals surface area contributed by atoms with Gasteiger partial charge in [0.05, 0.1) is 17.2 Å². The predicted octanol–water partition coefficient (Wildman–Crippen LogP) is -2.95. The Hall–Kier alpha value is -1.45. The molecule has 0 saturated carbocycles. The van der Waals surface area contributed by atoms with E-state index >= 15 is 0 Å². The second-order valence-corrected chi connectivity index (χ2v) is 5.71. The van der Waals surface area contributed by atoms with Crippen molar-refractivity contribution in [2.75, 3.05) is 0 Å². The van der Waals surface area contributed by atoms with Gasteiger partial charge in [-0.25, -0.2) is 4.79 Å². The molecule has 0 unspecified atom stereocenters. The van der Waals surface area contributed by atoms with Gasteiger partial charge in [-0.15, -0.1) is 5.11 Å². The van der Waals surface area contributed by atoms with Crippen LogP contribution >= 0.6 is 11.6 Å². The normalized spacial score (nSPS) is 10.3. The Morgan fingerprint density at radius 3 is 2.29 bits per heavy atom. The van der Waals surface area contributed by atoms with E-state index in [9.17, 15) is 24.9 Å². The summed E-state index contributed by atoms with van der Waals surface area (Å²) in [5.41, 5.74) is -1.00. The smallest absolute Gasteiger partial charge is 0.871 e. The van der Waals surface area contributed by atoms with Crippen LogP contribution in [-0.2, 0) is 0 Å². The Bertz CT molecular complexity index is 1090. The van der Waals surface area contributed by atoms with Crippen molar-refractivity contribution in [1.29, 1.82) is 0 Å². The zero-order valence-electron chi connectivity index (χ0n) is 15.0. The number of azo groups is 1. The van der Waals surface area contributed by atoms with Gasteiger partial charge in [0.2, 0.25) is 0 Å². The van der Waals surface area contributed by atoms with Crippen LogP contribution in [0.4, 0.5) is 11.4 Å². The third-order valence-corrected chi connectivity index (χ3v) is 3.88. The molecule has 28 heavy (non-hydrogen) atoms. The van der Waals surface area contributed by atoms with Gasteiger partial charge in [0.15, 0.2) is 0 Å². The summed E-state index contributed by atoms with van der Waals surface area (Å²) in [4.78, 5) is 22.5. The molecule has 3 aromatic rings. The van der Waals surface area contributed by atoms with Crippen LogP contribution in [0.5, 0.6) is 5.75 Å². The topological polar surface area (TPSA) is 125 Å². The maximum absolute atomic E-state index is 12.4. The van der Waals surface area contributed by atoms with E-state index in [0.29, 0.717) is 10.8 Å². The van der Waals surface area contributed by atoms with E-state index in [1.165, 1.54) is 24.3 Å². The number of carboxylic acids is 2.